The summed E-state index contributed by atoms with van der Waals surface area (Å²) in [5.74, 6) is -0.000278. The van der Waals surface area contributed by atoms with Gasteiger partial charge in [-0.05, 0) is 18.9 Å². The Bertz CT molecular complexity index is 343. The molecule has 0 bridgehead atoms. The highest BCUT2D eigenvalue weighted by atomic mass is 19.3. The molecule has 0 unspecified atom stereocenters. The Hall–Kier alpha value is -1.12. The quantitative estimate of drug-likeness (QED) is 0.795. The van der Waals surface area contributed by atoms with Gasteiger partial charge in [-0.2, -0.15) is 0 Å². The third-order valence-electron chi connectivity index (χ3n) is 3.35. The maximum absolute atomic E-state index is 13.1. The van der Waals surface area contributed by atoms with Gasteiger partial charge in [0.1, 0.15) is 5.75 Å². The van der Waals surface area contributed by atoms with E-state index in [0.29, 0.717) is 18.4 Å². The van der Waals surface area contributed by atoms with Crippen LogP contribution >= 0.6 is 0 Å². The fourth-order valence-corrected chi connectivity index (χ4v) is 2.51. The molecule has 1 N–H and O–H groups in total. The van der Waals surface area contributed by atoms with Gasteiger partial charge < -0.3 is 5.11 Å². The highest BCUT2D eigenvalue weighted by Gasteiger charge is 2.45. The second-order valence-corrected chi connectivity index (χ2v) is 4.18. The van der Waals surface area contributed by atoms with Crippen molar-refractivity contribution in [3.63, 3.8) is 0 Å². The highest BCUT2D eigenvalue weighted by Crippen LogP contribution is 2.48. The van der Waals surface area contributed by atoms with E-state index in [1.54, 1.807) is 18.2 Å². The molecule has 3 heteroatoms. The van der Waals surface area contributed by atoms with E-state index in [2.05, 4.69) is 0 Å². The minimum atomic E-state index is -2.40. The average molecular weight is 212 g/mol. The van der Waals surface area contributed by atoms with Crippen LogP contribution in [0.15, 0.2) is 24.3 Å². The lowest BCUT2D eigenvalue weighted by Crippen LogP contribution is -2.31. The number of phenols is 1. The van der Waals surface area contributed by atoms with Crippen LogP contribution in [0, 0.1) is 0 Å². The number of hydrogen-bond donors (Lipinski definition) is 1. The standard InChI is InChI=1S/C12H14F2O/c13-11(14)12(7-3-4-8-12)9-5-1-2-6-10(9)15/h1-2,5-6,11,15H,3-4,7-8H2. The molecule has 1 aliphatic rings. The Labute approximate surface area is 87.7 Å². The van der Waals surface area contributed by atoms with E-state index >= 15 is 0 Å². The molecule has 0 amide bonds. The predicted molar refractivity (Wildman–Crippen MR) is 54.3 cm³/mol. The Morgan fingerprint density at radius 3 is 2.27 bits per heavy atom. The van der Waals surface area contributed by atoms with Crippen molar-refractivity contribution in [1.29, 1.82) is 0 Å². The number of halogens is 2. The van der Waals surface area contributed by atoms with Crippen LogP contribution in [0.2, 0.25) is 0 Å². The van der Waals surface area contributed by atoms with Crippen molar-refractivity contribution in [2.24, 2.45) is 0 Å². The number of benzene rings is 1. The summed E-state index contributed by atoms with van der Waals surface area (Å²) in [4.78, 5) is 0. The molecule has 0 heterocycles. The van der Waals surface area contributed by atoms with E-state index in [1.807, 2.05) is 0 Å². The van der Waals surface area contributed by atoms with E-state index in [-0.39, 0.29) is 5.75 Å². The second-order valence-electron chi connectivity index (χ2n) is 4.18. The molecule has 2 rings (SSSR count). The summed E-state index contributed by atoms with van der Waals surface area (Å²) in [7, 11) is 0. The molecule has 1 aromatic carbocycles. The van der Waals surface area contributed by atoms with Crippen molar-refractivity contribution in [3.05, 3.63) is 29.8 Å². The van der Waals surface area contributed by atoms with Crippen LogP contribution in [0.4, 0.5) is 8.78 Å². The van der Waals surface area contributed by atoms with Crippen molar-refractivity contribution >= 4 is 0 Å². The molecule has 0 atom stereocenters. The Kier molecular flexibility index (Phi) is 2.63. The summed E-state index contributed by atoms with van der Waals surface area (Å²) in [6, 6.07) is 6.47. The van der Waals surface area contributed by atoms with Gasteiger partial charge in [-0.15, -0.1) is 0 Å². The molecule has 0 radical (unpaired) electrons. The minimum Gasteiger partial charge on any atom is -0.508 e. The predicted octanol–water partition coefficient (Wildman–Crippen LogP) is 3.47. The third kappa shape index (κ3) is 1.60. The lowest BCUT2D eigenvalue weighted by molar-refractivity contribution is 0.0507. The van der Waals surface area contributed by atoms with Gasteiger partial charge in [-0.3, -0.25) is 0 Å². The fourth-order valence-electron chi connectivity index (χ4n) is 2.51. The van der Waals surface area contributed by atoms with Crippen LogP contribution in [-0.4, -0.2) is 11.5 Å². The van der Waals surface area contributed by atoms with Crippen molar-refractivity contribution in [2.75, 3.05) is 0 Å². The van der Waals surface area contributed by atoms with Crippen molar-refractivity contribution < 1.29 is 13.9 Å². The van der Waals surface area contributed by atoms with Crippen LogP contribution in [0.1, 0.15) is 31.2 Å². The van der Waals surface area contributed by atoms with Crippen molar-refractivity contribution in [3.8, 4) is 5.75 Å². The molecule has 1 nitrogen and oxygen atoms in total. The molecule has 0 spiro atoms. The zero-order chi connectivity index (χ0) is 10.9. The van der Waals surface area contributed by atoms with Crippen LogP contribution in [0.25, 0.3) is 0 Å². The third-order valence-corrected chi connectivity index (χ3v) is 3.35. The first-order valence-electron chi connectivity index (χ1n) is 5.23. The van der Waals surface area contributed by atoms with Crippen molar-refractivity contribution in [2.45, 2.75) is 37.5 Å². The SMILES string of the molecule is Oc1ccccc1C1(C(F)F)CCCC1. The number of alkyl halides is 2. The molecular formula is C12H14F2O. The monoisotopic (exact) mass is 212 g/mol. The average Bonchev–Trinajstić information content (AvgIpc) is 2.68. The van der Waals surface area contributed by atoms with Gasteiger partial charge in [-0.1, -0.05) is 31.0 Å². The van der Waals surface area contributed by atoms with E-state index in [0.717, 1.165) is 12.8 Å². The van der Waals surface area contributed by atoms with E-state index < -0.39 is 11.8 Å². The first kappa shape index (κ1) is 10.4. The molecule has 15 heavy (non-hydrogen) atoms. The summed E-state index contributed by atoms with van der Waals surface area (Å²) in [6.45, 7) is 0. The Morgan fingerprint density at radius 2 is 1.73 bits per heavy atom. The molecule has 1 fully saturated rings. The van der Waals surface area contributed by atoms with E-state index in [9.17, 15) is 13.9 Å². The molecular weight excluding hydrogens is 198 g/mol. The minimum absolute atomic E-state index is 0.000278. The zero-order valence-electron chi connectivity index (χ0n) is 8.42. The zero-order valence-corrected chi connectivity index (χ0v) is 8.42. The lowest BCUT2D eigenvalue weighted by Gasteiger charge is -2.29. The number of aromatic hydroxyl groups is 1. The maximum Gasteiger partial charge on any atom is 0.248 e. The smallest absolute Gasteiger partial charge is 0.248 e. The van der Waals surface area contributed by atoms with Gasteiger partial charge in [0.05, 0.1) is 5.41 Å². The normalized spacial score (nSPS) is 19.7. The Balaban J connectivity index is 2.46. The summed E-state index contributed by atoms with van der Waals surface area (Å²) < 4.78 is 26.3. The molecule has 1 aromatic rings. The first-order chi connectivity index (χ1) is 7.17. The van der Waals surface area contributed by atoms with E-state index in [4.69, 9.17) is 0 Å². The van der Waals surface area contributed by atoms with Gasteiger partial charge in [0, 0.05) is 5.56 Å². The number of phenolic OH excluding ortho intramolecular Hbond substituents is 1. The summed E-state index contributed by atoms with van der Waals surface area (Å²) in [6.07, 6.45) is 0.190. The largest absolute Gasteiger partial charge is 0.508 e. The molecule has 1 saturated carbocycles. The topological polar surface area (TPSA) is 20.2 Å². The molecule has 0 aromatic heterocycles. The molecule has 0 saturated heterocycles. The molecule has 0 aliphatic heterocycles. The van der Waals surface area contributed by atoms with Gasteiger partial charge >= 0.3 is 0 Å². The number of hydrogen-bond acceptors (Lipinski definition) is 1. The lowest BCUT2D eigenvalue weighted by atomic mass is 9.79. The number of para-hydroxylation sites is 1. The van der Waals surface area contributed by atoms with Crippen LogP contribution in [-0.2, 0) is 5.41 Å². The highest BCUT2D eigenvalue weighted by molar-refractivity contribution is 5.39. The second kappa shape index (κ2) is 3.80. The van der Waals surface area contributed by atoms with Gasteiger partial charge in [0.2, 0.25) is 6.43 Å². The van der Waals surface area contributed by atoms with Crippen LogP contribution in [0.3, 0.4) is 0 Å². The molecule has 82 valence electrons. The van der Waals surface area contributed by atoms with Gasteiger partial charge in [-0.25, -0.2) is 8.78 Å². The van der Waals surface area contributed by atoms with Gasteiger partial charge in [0.25, 0.3) is 0 Å². The van der Waals surface area contributed by atoms with Crippen LogP contribution < -0.4 is 0 Å². The maximum atomic E-state index is 13.1. The molecule has 1 aliphatic carbocycles. The fraction of sp³-hybridized carbons (Fsp3) is 0.500. The van der Waals surface area contributed by atoms with Crippen molar-refractivity contribution in [1.82, 2.24) is 0 Å². The Morgan fingerprint density at radius 1 is 1.13 bits per heavy atom. The number of rotatable bonds is 2. The van der Waals surface area contributed by atoms with Crippen LogP contribution in [0.5, 0.6) is 5.75 Å². The van der Waals surface area contributed by atoms with E-state index in [1.165, 1.54) is 6.07 Å². The first-order valence-corrected chi connectivity index (χ1v) is 5.23. The van der Waals surface area contributed by atoms with Gasteiger partial charge in [0.15, 0.2) is 0 Å². The summed E-state index contributed by atoms with van der Waals surface area (Å²) in [5.41, 5.74) is -0.691. The summed E-state index contributed by atoms with van der Waals surface area (Å²) >= 11 is 0. The summed E-state index contributed by atoms with van der Waals surface area (Å²) in [5, 5.41) is 9.65.